The number of benzene rings is 4. The second-order valence-corrected chi connectivity index (χ2v) is 35.6. The van der Waals surface area contributed by atoms with Gasteiger partial charge in [-0.3, -0.25) is 0 Å². The first-order valence-corrected chi connectivity index (χ1v) is 45.6. The van der Waals surface area contributed by atoms with E-state index in [-0.39, 0.29) is 11.7 Å². The lowest BCUT2D eigenvalue weighted by molar-refractivity contribution is 0.0175. The number of nitrogens with zero attached hydrogens (tertiary/aromatic N) is 25. The molecule has 16 heterocycles. The molecule has 12 aromatic heterocycles. The number of hydrogen-bond donors (Lipinski definition) is 2. The number of alkyl halides is 2. The summed E-state index contributed by atoms with van der Waals surface area (Å²) in [7, 11) is 15.0. The number of amides is 1. The Morgan fingerprint density at radius 3 is 0.924 bits per heavy atom. The number of hydrogen-bond acceptors (Lipinski definition) is 36. The summed E-state index contributed by atoms with van der Waals surface area (Å²) >= 11 is 5.91. The molecule has 4 saturated heterocycles. The number of carbonyl (C=O) groups is 1. The molecule has 4 fully saturated rings. The molecule has 0 unspecified atom stereocenters. The minimum Gasteiger partial charge on any atom is -0.493 e. The van der Waals surface area contributed by atoms with E-state index in [1.165, 1.54) is 51.4 Å². The minimum atomic E-state index is -3.04. The Morgan fingerprint density at radius 1 is 0.333 bits per heavy atom. The zero-order valence-corrected chi connectivity index (χ0v) is 78.1. The van der Waals surface area contributed by atoms with Gasteiger partial charge >= 0.3 is 6.09 Å². The predicted octanol–water partition coefficient (Wildman–Crippen LogP) is 13.1. The maximum Gasteiger partial charge on any atom is 0.410 e. The Morgan fingerprint density at radius 2 is 0.621 bits per heavy atom. The highest BCUT2D eigenvalue weighted by Gasteiger charge is 2.34. The molecular formula is C89H97F2N27O10S4. The van der Waals surface area contributed by atoms with Crippen LogP contribution in [0.15, 0.2) is 147 Å². The van der Waals surface area contributed by atoms with Crippen LogP contribution in [0.4, 0.5) is 37.2 Å². The van der Waals surface area contributed by atoms with Gasteiger partial charge in [0, 0.05) is 200 Å². The number of nitrogens with one attached hydrogen (secondary N) is 2. The van der Waals surface area contributed by atoms with Crippen LogP contribution in [0.5, 0.6) is 46.0 Å². The number of carbonyl (C=O) groups excluding carboxylic acids is 1. The number of likely N-dealkylation sites (N-methyl/N-ethyl adjacent to an activating group) is 1. The molecule has 0 atom stereocenters. The lowest BCUT2D eigenvalue weighted by Gasteiger charge is -2.35. The zero-order chi connectivity index (χ0) is 91.9. The van der Waals surface area contributed by atoms with Gasteiger partial charge < -0.3 is 82.7 Å². The SMILES string of the molecule is COc1ccc(-c2nn3c(-c4cnc(N5CCN(C(=O)OC(C)(C)C)CC5)nc4)cnc3s2)cc1OC.COc1ccc(-c2nn3c(-c4cnc(N5CCN(C)CC5)nc4)cnc3s2)cc1OC.COc1ccc(-c2nn3c(-c4cnc(N5CCNCC5)c(C(C)(F)F)c4)cnc3s2)cc1OC.COc1ccc(-c2nn3c(-c4cnc(N5CCNCC5)nc4)cnc3s2)cc1OC. The van der Waals surface area contributed by atoms with Crippen LogP contribution < -0.4 is 68.1 Å². The number of piperazine rings is 4. The number of imidazole rings is 4. The Labute approximate surface area is 773 Å². The fourth-order valence-corrected chi connectivity index (χ4v) is 18.6. The number of aromatic nitrogens is 19. The highest BCUT2D eigenvalue weighted by Crippen LogP contribution is 2.43. The first-order valence-electron chi connectivity index (χ1n) is 42.3. The maximum absolute atomic E-state index is 14.6. The third kappa shape index (κ3) is 19.7. The van der Waals surface area contributed by atoms with Gasteiger partial charge in [-0.15, -0.1) is 0 Å². The summed E-state index contributed by atoms with van der Waals surface area (Å²) in [6.45, 7) is 19.3. The number of ether oxygens (including phenoxy) is 9. The number of rotatable bonds is 21. The second-order valence-electron chi connectivity index (χ2n) is 31.8. The standard InChI is InChI=1S/C25H29N7O4S.C23H24F2N6O2S.C21H23N7O2S.C20H21N7O2S/c1-25(2,3)36-24(33)31-10-8-30(9-11-31)22-26-13-17(14-27-22)18-15-28-23-32(18)29-21(37-23)16-6-7-19(34-4)20(12-16)35-5;1-23(24,25)16-10-15(12-27-20(16)30-8-6-26-7-9-30)17-13-28-22-31(17)29-21(34-22)14-4-5-18(32-2)19(11-14)33-3;1-26-6-8-27(9-7-26)20-22-11-15(12-23-20)16-13-24-21-28(16)25-19(31-21)14-4-5-17(29-2)18(10-14)30-3;1-28-16-4-3-13(9-17(16)29-2)18-25-27-15(12-24-20(27)30-18)14-10-22-19(23-11-14)26-7-5-21-6-8-26/h6-7,12-15H,8-11H2,1-5H3;4-5,10-13,26H,6-9H2,1-3H3;4-5,10-13H,6-9H2,1-3H3;3-4,9-12,21H,5-8H2,1-2H3. The molecule has 686 valence electrons. The summed E-state index contributed by atoms with van der Waals surface area (Å²) in [6, 6.07) is 24.3. The van der Waals surface area contributed by atoms with Crippen molar-refractivity contribution >= 4 is 94.9 Å². The average Bonchev–Trinajstić information content (AvgIpc) is 1.48. The van der Waals surface area contributed by atoms with E-state index in [4.69, 9.17) is 63.0 Å². The molecule has 20 rings (SSSR count). The Balaban J connectivity index is 0.000000123. The Hall–Kier alpha value is -13.7. The lowest BCUT2D eigenvalue weighted by Crippen LogP contribution is -2.50. The van der Waals surface area contributed by atoms with Crippen molar-refractivity contribution in [2.45, 2.75) is 39.2 Å². The average molecular weight is 1870 g/mol. The Bertz CT molecular complexity index is 6680. The molecule has 0 radical (unpaired) electrons. The van der Waals surface area contributed by atoms with Crippen molar-refractivity contribution in [1.29, 1.82) is 0 Å². The summed E-state index contributed by atoms with van der Waals surface area (Å²) in [5.41, 5.74) is 9.27. The molecule has 0 saturated carbocycles. The van der Waals surface area contributed by atoms with Crippen molar-refractivity contribution in [1.82, 2.24) is 114 Å². The van der Waals surface area contributed by atoms with Gasteiger partial charge in [0.05, 0.1) is 110 Å². The van der Waals surface area contributed by atoms with Crippen molar-refractivity contribution in [2.75, 3.05) is 188 Å². The quantitative estimate of drug-likeness (QED) is 0.0674. The second kappa shape index (κ2) is 39.5. The summed E-state index contributed by atoms with van der Waals surface area (Å²) in [4.78, 5) is 77.7. The number of anilines is 4. The first-order chi connectivity index (χ1) is 64.1. The van der Waals surface area contributed by atoms with Crippen molar-refractivity contribution in [3.63, 3.8) is 0 Å². The van der Waals surface area contributed by atoms with Crippen LogP contribution >= 0.6 is 45.3 Å². The van der Waals surface area contributed by atoms with E-state index in [1.807, 2.05) is 138 Å². The molecule has 0 spiro atoms. The van der Waals surface area contributed by atoms with E-state index in [0.717, 1.165) is 175 Å². The van der Waals surface area contributed by atoms with Gasteiger partial charge in [-0.2, -0.15) is 20.4 Å². The Kier molecular flexibility index (Phi) is 27.0. The van der Waals surface area contributed by atoms with Crippen molar-refractivity contribution < 1.29 is 56.2 Å². The van der Waals surface area contributed by atoms with Crippen LogP contribution in [0.3, 0.4) is 0 Å². The van der Waals surface area contributed by atoms with Crippen molar-refractivity contribution in [3.05, 3.63) is 153 Å². The van der Waals surface area contributed by atoms with E-state index < -0.39 is 11.5 Å². The van der Waals surface area contributed by atoms with Gasteiger partial charge in [0.1, 0.15) is 31.4 Å². The fraction of sp³-hybridized carbons (Fsp3) is 0.348. The summed E-state index contributed by atoms with van der Waals surface area (Å²) in [5.74, 6) is 4.65. The van der Waals surface area contributed by atoms with Gasteiger partial charge in [-0.05, 0) is 107 Å². The van der Waals surface area contributed by atoms with E-state index >= 15 is 0 Å². The maximum atomic E-state index is 14.6. The van der Waals surface area contributed by atoms with E-state index in [9.17, 15) is 13.6 Å². The zero-order valence-electron chi connectivity index (χ0n) is 74.8. The third-order valence-electron chi connectivity index (χ3n) is 22.1. The molecule has 2 N–H and O–H groups in total. The van der Waals surface area contributed by atoms with Gasteiger partial charge in [-0.1, -0.05) is 45.3 Å². The molecule has 1 amide bonds. The molecule has 16 aromatic rings. The molecule has 0 aliphatic carbocycles. The molecule has 4 aliphatic rings. The van der Waals surface area contributed by atoms with Gasteiger partial charge in [0.25, 0.3) is 5.92 Å². The molecule has 4 aromatic carbocycles. The number of fused-ring (bicyclic) bond motifs is 4. The van der Waals surface area contributed by atoms with Crippen LogP contribution in [0.25, 0.3) is 107 Å². The minimum absolute atomic E-state index is 0.0998. The van der Waals surface area contributed by atoms with Crippen LogP contribution in [0, 0.1) is 0 Å². The molecule has 0 bridgehead atoms. The van der Waals surface area contributed by atoms with E-state index in [0.29, 0.717) is 113 Å². The first kappa shape index (κ1) is 90.2. The highest BCUT2D eigenvalue weighted by molar-refractivity contribution is 7.21. The molecule has 132 heavy (non-hydrogen) atoms. The summed E-state index contributed by atoms with van der Waals surface area (Å²) in [6.07, 6.45) is 19.3. The predicted molar refractivity (Wildman–Crippen MR) is 503 cm³/mol. The van der Waals surface area contributed by atoms with Crippen LogP contribution in [-0.2, 0) is 10.7 Å². The molecule has 4 aliphatic heterocycles. The topological polar surface area (TPSA) is 355 Å². The third-order valence-corrected chi connectivity index (χ3v) is 26.0. The van der Waals surface area contributed by atoms with Crippen LogP contribution in [0.1, 0.15) is 33.3 Å². The van der Waals surface area contributed by atoms with E-state index in [2.05, 4.69) is 92.1 Å². The van der Waals surface area contributed by atoms with E-state index in [1.54, 1.807) is 108 Å². The normalized spacial score (nSPS) is 14.5. The van der Waals surface area contributed by atoms with Gasteiger partial charge in [0.15, 0.2) is 46.0 Å². The van der Waals surface area contributed by atoms with Crippen LogP contribution in [-0.4, -0.2) is 283 Å². The largest absolute Gasteiger partial charge is 0.493 e. The molecular weight excluding hydrogens is 1770 g/mol. The smallest absolute Gasteiger partial charge is 0.410 e. The van der Waals surface area contributed by atoms with Crippen molar-refractivity contribution in [2.24, 2.45) is 0 Å². The lowest BCUT2D eigenvalue weighted by atomic mass is 10.1. The van der Waals surface area contributed by atoms with Crippen molar-refractivity contribution in [3.8, 4) is 133 Å². The number of methoxy groups -OCH3 is 8. The summed E-state index contributed by atoms with van der Waals surface area (Å²) < 4.78 is 84.8. The van der Waals surface area contributed by atoms with Crippen LogP contribution in [0.2, 0.25) is 0 Å². The summed E-state index contributed by atoms with van der Waals surface area (Å²) in [5, 5.41) is 28.8. The number of halogens is 2. The highest BCUT2D eigenvalue weighted by atomic mass is 32.1. The van der Waals surface area contributed by atoms with Gasteiger partial charge in [-0.25, -0.2) is 86.5 Å². The van der Waals surface area contributed by atoms with Gasteiger partial charge in [0.2, 0.25) is 37.7 Å². The fourth-order valence-electron chi connectivity index (χ4n) is 15.1. The number of pyridine rings is 1. The molecule has 43 heteroatoms. The molecule has 37 nitrogen and oxygen atoms in total. The monoisotopic (exact) mass is 1870 g/mol.